The maximum absolute atomic E-state index is 12.8. The van der Waals surface area contributed by atoms with Gasteiger partial charge in [0, 0.05) is 5.69 Å². The molecule has 0 unspecified atom stereocenters. The quantitative estimate of drug-likeness (QED) is 0.548. The molecule has 1 amide bonds. The molecule has 0 N–H and O–H groups in total. The van der Waals surface area contributed by atoms with Gasteiger partial charge in [-0.05, 0) is 23.3 Å². The molecule has 3 heteroatoms. The Kier molecular flexibility index (Phi) is 6.57. The lowest BCUT2D eigenvalue weighted by molar-refractivity contribution is -0.119. The van der Waals surface area contributed by atoms with E-state index in [4.69, 9.17) is 4.74 Å². The van der Waals surface area contributed by atoms with Crippen molar-refractivity contribution in [3.8, 4) is 0 Å². The molecule has 3 rings (SSSR count). The summed E-state index contributed by atoms with van der Waals surface area (Å²) in [6, 6.07) is 29.8. The number of ether oxygens (including phenoxy) is 1. The summed E-state index contributed by atoms with van der Waals surface area (Å²) >= 11 is 0. The monoisotopic (exact) mass is 345 g/mol. The van der Waals surface area contributed by atoms with E-state index in [9.17, 15) is 4.79 Å². The van der Waals surface area contributed by atoms with Crippen LogP contribution in [0.4, 0.5) is 5.69 Å². The maximum atomic E-state index is 12.8. The molecule has 0 aliphatic heterocycles. The van der Waals surface area contributed by atoms with Crippen molar-refractivity contribution >= 4 is 11.6 Å². The SMILES string of the molecule is O=C(CCOCc1ccccc1)N(Cc1ccccc1)c1ccccc1. The number of rotatable bonds is 8. The fourth-order valence-corrected chi connectivity index (χ4v) is 2.76. The van der Waals surface area contributed by atoms with Gasteiger partial charge >= 0.3 is 0 Å². The molecule has 0 saturated heterocycles. The van der Waals surface area contributed by atoms with Gasteiger partial charge in [0.15, 0.2) is 0 Å². The molecule has 0 fully saturated rings. The van der Waals surface area contributed by atoms with Crippen molar-refractivity contribution in [1.29, 1.82) is 0 Å². The zero-order valence-corrected chi connectivity index (χ0v) is 14.8. The largest absolute Gasteiger partial charge is 0.376 e. The summed E-state index contributed by atoms with van der Waals surface area (Å²) in [5.74, 6) is 0.0631. The summed E-state index contributed by atoms with van der Waals surface area (Å²) in [7, 11) is 0. The van der Waals surface area contributed by atoms with Crippen molar-refractivity contribution in [2.75, 3.05) is 11.5 Å². The van der Waals surface area contributed by atoms with E-state index in [0.29, 0.717) is 26.2 Å². The molecule has 0 spiro atoms. The van der Waals surface area contributed by atoms with Crippen LogP contribution in [0.1, 0.15) is 17.5 Å². The van der Waals surface area contributed by atoms with Crippen molar-refractivity contribution < 1.29 is 9.53 Å². The average molecular weight is 345 g/mol. The zero-order chi connectivity index (χ0) is 18.0. The van der Waals surface area contributed by atoms with E-state index in [1.807, 2.05) is 95.9 Å². The van der Waals surface area contributed by atoms with Crippen LogP contribution < -0.4 is 4.90 Å². The first kappa shape index (κ1) is 17.9. The van der Waals surface area contributed by atoms with Gasteiger partial charge in [-0.1, -0.05) is 78.9 Å². The highest BCUT2D eigenvalue weighted by atomic mass is 16.5. The van der Waals surface area contributed by atoms with E-state index in [1.54, 1.807) is 0 Å². The number of carbonyl (C=O) groups excluding carboxylic acids is 1. The first-order valence-corrected chi connectivity index (χ1v) is 8.84. The van der Waals surface area contributed by atoms with E-state index in [0.717, 1.165) is 16.8 Å². The van der Waals surface area contributed by atoms with Crippen molar-refractivity contribution in [1.82, 2.24) is 0 Å². The smallest absolute Gasteiger partial charge is 0.229 e. The Morgan fingerprint density at radius 2 is 1.27 bits per heavy atom. The summed E-state index contributed by atoms with van der Waals surface area (Å²) in [5, 5.41) is 0. The van der Waals surface area contributed by atoms with Gasteiger partial charge in [-0.25, -0.2) is 0 Å². The molecule has 0 aromatic heterocycles. The third kappa shape index (κ3) is 5.30. The zero-order valence-electron chi connectivity index (χ0n) is 14.8. The Balaban J connectivity index is 1.59. The number of hydrogen-bond acceptors (Lipinski definition) is 2. The molecule has 3 aromatic carbocycles. The number of benzene rings is 3. The van der Waals surface area contributed by atoms with E-state index < -0.39 is 0 Å². The Labute approximate surface area is 154 Å². The van der Waals surface area contributed by atoms with Gasteiger partial charge in [-0.3, -0.25) is 4.79 Å². The van der Waals surface area contributed by atoms with Crippen LogP contribution in [0.2, 0.25) is 0 Å². The molecule has 0 radical (unpaired) electrons. The fraction of sp³-hybridized carbons (Fsp3) is 0.174. The van der Waals surface area contributed by atoms with Crippen LogP contribution >= 0.6 is 0 Å². The molecule has 132 valence electrons. The van der Waals surface area contributed by atoms with Crippen LogP contribution in [0.3, 0.4) is 0 Å². The highest BCUT2D eigenvalue weighted by molar-refractivity contribution is 5.93. The summed E-state index contributed by atoms with van der Waals surface area (Å²) < 4.78 is 5.68. The minimum atomic E-state index is 0.0631. The lowest BCUT2D eigenvalue weighted by Gasteiger charge is -2.23. The van der Waals surface area contributed by atoms with Crippen molar-refractivity contribution in [2.24, 2.45) is 0 Å². The van der Waals surface area contributed by atoms with E-state index in [2.05, 4.69) is 0 Å². The highest BCUT2D eigenvalue weighted by Crippen LogP contribution is 2.18. The lowest BCUT2D eigenvalue weighted by Crippen LogP contribution is -2.31. The Bertz CT molecular complexity index is 788. The van der Waals surface area contributed by atoms with E-state index in [-0.39, 0.29) is 5.91 Å². The molecule has 0 aliphatic carbocycles. The van der Waals surface area contributed by atoms with Crippen LogP contribution in [0, 0.1) is 0 Å². The third-order valence-corrected chi connectivity index (χ3v) is 4.12. The van der Waals surface area contributed by atoms with Gasteiger partial charge < -0.3 is 9.64 Å². The second-order valence-corrected chi connectivity index (χ2v) is 6.09. The number of anilines is 1. The molecule has 0 bridgehead atoms. The van der Waals surface area contributed by atoms with Gasteiger partial charge in [-0.2, -0.15) is 0 Å². The lowest BCUT2D eigenvalue weighted by atomic mass is 10.2. The maximum Gasteiger partial charge on any atom is 0.229 e. The summed E-state index contributed by atoms with van der Waals surface area (Å²) in [4.78, 5) is 14.6. The van der Waals surface area contributed by atoms with Gasteiger partial charge in [0.2, 0.25) is 5.91 Å². The predicted octanol–water partition coefficient (Wildman–Crippen LogP) is 4.83. The molecule has 0 saturated carbocycles. The van der Waals surface area contributed by atoms with Gasteiger partial charge in [-0.15, -0.1) is 0 Å². The number of amides is 1. The molecular formula is C23H23NO2. The van der Waals surface area contributed by atoms with Crippen LogP contribution in [0.25, 0.3) is 0 Å². The van der Waals surface area contributed by atoms with E-state index >= 15 is 0 Å². The van der Waals surface area contributed by atoms with Crippen LogP contribution in [-0.4, -0.2) is 12.5 Å². The highest BCUT2D eigenvalue weighted by Gasteiger charge is 2.15. The summed E-state index contributed by atoms with van der Waals surface area (Å²) in [6.45, 7) is 1.49. The molecule has 3 aromatic rings. The van der Waals surface area contributed by atoms with Crippen LogP contribution in [-0.2, 0) is 22.7 Å². The normalized spacial score (nSPS) is 10.5. The van der Waals surface area contributed by atoms with Crippen molar-refractivity contribution in [3.05, 3.63) is 102 Å². The molecular weight excluding hydrogens is 322 g/mol. The second-order valence-electron chi connectivity index (χ2n) is 6.09. The van der Waals surface area contributed by atoms with Crippen LogP contribution in [0.5, 0.6) is 0 Å². The van der Waals surface area contributed by atoms with Gasteiger partial charge in [0.25, 0.3) is 0 Å². The average Bonchev–Trinajstić information content (AvgIpc) is 2.71. The van der Waals surface area contributed by atoms with Gasteiger partial charge in [0.1, 0.15) is 0 Å². The Morgan fingerprint density at radius 3 is 1.88 bits per heavy atom. The number of nitrogens with zero attached hydrogens (tertiary/aromatic N) is 1. The first-order valence-electron chi connectivity index (χ1n) is 8.84. The third-order valence-electron chi connectivity index (χ3n) is 4.12. The summed E-state index contributed by atoms with van der Waals surface area (Å²) in [5.41, 5.74) is 3.13. The standard InChI is InChI=1S/C23H23NO2/c25-23(16-17-26-19-21-12-6-2-7-13-21)24(22-14-8-3-9-15-22)18-20-10-4-1-5-11-20/h1-15H,16-19H2. The molecule has 3 nitrogen and oxygen atoms in total. The van der Waals surface area contributed by atoms with Crippen molar-refractivity contribution in [3.63, 3.8) is 0 Å². The summed E-state index contributed by atoms with van der Waals surface area (Å²) in [6.07, 6.45) is 0.356. The minimum absolute atomic E-state index is 0.0631. The van der Waals surface area contributed by atoms with E-state index in [1.165, 1.54) is 0 Å². The Hall–Kier alpha value is -2.91. The van der Waals surface area contributed by atoms with Gasteiger partial charge in [0.05, 0.1) is 26.2 Å². The minimum Gasteiger partial charge on any atom is -0.376 e. The number of para-hydroxylation sites is 1. The first-order chi connectivity index (χ1) is 12.8. The predicted molar refractivity (Wildman–Crippen MR) is 105 cm³/mol. The molecule has 0 atom stereocenters. The molecule has 0 aliphatic rings. The Morgan fingerprint density at radius 1 is 0.731 bits per heavy atom. The fourth-order valence-electron chi connectivity index (χ4n) is 2.76. The topological polar surface area (TPSA) is 29.5 Å². The molecule has 26 heavy (non-hydrogen) atoms. The van der Waals surface area contributed by atoms with Crippen LogP contribution in [0.15, 0.2) is 91.0 Å². The number of carbonyl (C=O) groups is 1. The second kappa shape index (κ2) is 9.54. The molecule has 0 heterocycles. The number of hydrogen-bond donors (Lipinski definition) is 0. The van der Waals surface area contributed by atoms with Crippen molar-refractivity contribution in [2.45, 2.75) is 19.6 Å².